The van der Waals surface area contributed by atoms with Gasteiger partial charge in [-0.15, -0.1) is 0 Å². The van der Waals surface area contributed by atoms with Crippen LogP contribution in [0.2, 0.25) is 0 Å². The van der Waals surface area contributed by atoms with Crippen LogP contribution >= 0.6 is 11.3 Å². The van der Waals surface area contributed by atoms with E-state index in [9.17, 15) is 4.79 Å². The monoisotopic (exact) mass is 296 g/mol. The van der Waals surface area contributed by atoms with Gasteiger partial charge in [0, 0.05) is 5.56 Å². The Labute approximate surface area is 130 Å². The van der Waals surface area contributed by atoms with Crippen LogP contribution in [0.5, 0.6) is 0 Å². The first-order chi connectivity index (χ1) is 10.3. The summed E-state index contributed by atoms with van der Waals surface area (Å²) in [6.45, 7) is 0. The SMILES string of the molecule is O=C(/C=C/c1ccsc1)c1ccc(C2CCCCC2)cc1. The van der Waals surface area contributed by atoms with Gasteiger partial charge in [-0.3, -0.25) is 4.79 Å². The number of rotatable bonds is 4. The minimum absolute atomic E-state index is 0.0800. The number of hydrogen-bond acceptors (Lipinski definition) is 2. The smallest absolute Gasteiger partial charge is 0.185 e. The molecule has 0 bridgehead atoms. The van der Waals surface area contributed by atoms with Crippen molar-refractivity contribution in [1.82, 2.24) is 0 Å². The summed E-state index contributed by atoms with van der Waals surface area (Å²) in [6, 6.07) is 10.2. The molecule has 1 heterocycles. The van der Waals surface area contributed by atoms with Gasteiger partial charge < -0.3 is 0 Å². The highest BCUT2D eigenvalue weighted by Gasteiger charge is 2.15. The molecule has 1 aliphatic carbocycles. The fraction of sp³-hybridized carbons (Fsp3) is 0.316. The normalized spacial score (nSPS) is 16.4. The quantitative estimate of drug-likeness (QED) is 0.523. The van der Waals surface area contributed by atoms with E-state index in [2.05, 4.69) is 12.1 Å². The highest BCUT2D eigenvalue weighted by atomic mass is 32.1. The Hall–Kier alpha value is -1.67. The Kier molecular flexibility index (Phi) is 4.66. The summed E-state index contributed by atoms with van der Waals surface area (Å²) >= 11 is 1.64. The van der Waals surface area contributed by atoms with Crippen molar-refractivity contribution in [3.05, 3.63) is 63.9 Å². The van der Waals surface area contributed by atoms with Crippen molar-refractivity contribution in [2.45, 2.75) is 38.0 Å². The van der Waals surface area contributed by atoms with Crippen LogP contribution in [0.1, 0.15) is 59.5 Å². The third-order valence-corrected chi connectivity index (χ3v) is 4.94. The van der Waals surface area contributed by atoms with E-state index in [0.29, 0.717) is 5.92 Å². The lowest BCUT2D eigenvalue weighted by atomic mass is 9.84. The van der Waals surface area contributed by atoms with Crippen LogP contribution in [0.4, 0.5) is 0 Å². The first-order valence-corrected chi connectivity index (χ1v) is 8.62. The third-order valence-electron chi connectivity index (χ3n) is 4.24. The van der Waals surface area contributed by atoms with Gasteiger partial charge in [-0.05, 0) is 52.8 Å². The molecule has 1 nitrogen and oxygen atoms in total. The second-order valence-corrected chi connectivity index (χ2v) is 6.49. The van der Waals surface area contributed by atoms with Crippen LogP contribution in [-0.4, -0.2) is 5.78 Å². The number of benzene rings is 1. The second kappa shape index (κ2) is 6.86. The van der Waals surface area contributed by atoms with E-state index in [1.807, 2.05) is 35.0 Å². The summed E-state index contributed by atoms with van der Waals surface area (Å²) < 4.78 is 0. The number of allylic oxidation sites excluding steroid dienone is 1. The van der Waals surface area contributed by atoms with Crippen molar-refractivity contribution in [2.75, 3.05) is 0 Å². The van der Waals surface area contributed by atoms with Crippen molar-refractivity contribution in [2.24, 2.45) is 0 Å². The van der Waals surface area contributed by atoms with Crippen molar-refractivity contribution < 1.29 is 4.79 Å². The molecule has 3 rings (SSSR count). The van der Waals surface area contributed by atoms with Crippen LogP contribution in [0.3, 0.4) is 0 Å². The van der Waals surface area contributed by atoms with Gasteiger partial charge in [0.1, 0.15) is 0 Å². The second-order valence-electron chi connectivity index (χ2n) is 5.71. The maximum Gasteiger partial charge on any atom is 0.185 e. The van der Waals surface area contributed by atoms with Crippen molar-refractivity contribution >= 4 is 23.2 Å². The lowest BCUT2D eigenvalue weighted by Gasteiger charge is -2.21. The molecule has 0 aliphatic heterocycles. The van der Waals surface area contributed by atoms with E-state index in [1.165, 1.54) is 37.7 Å². The molecule has 1 aromatic heterocycles. The van der Waals surface area contributed by atoms with E-state index >= 15 is 0 Å². The first-order valence-electron chi connectivity index (χ1n) is 7.67. The van der Waals surface area contributed by atoms with Gasteiger partial charge in [0.2, 0.25) is 0 Å². The minimum atomic E-state index is 0.0800. The van der Waals surface area contributed by atoms with E-state index in [1.54, 1.807) is 17.4 Å². The van der Waals surface area contributed by atoms with Crippen LogP contribution < -0.4 is 0 Å². The zero-order chi connectivity index (χ0) is 14.5. The maximum atomic E-state index is 12.1. The van der Waals surface area contributed by atoms with Crippen molar-refractivity contribution in [3.8, 4) is 0 Å². The van der Waals surface area contributed by atoms with E-state index in [-0.39, 0.29) is 5.78 Å². The fourth-order valence-corrected chi connectivity index (χ4v) is 3.62. The molecule has 0 N–H and O–H groups in total. The Bertz CT molecular complexity index is 602. The molecule has 0 radical (unpaired) electrons. The summed E-state index contributed by atoms with van der Waals surface area (Å²) in [7, 11) is 0. The van der Waals surface area contributed by atoms with Gasteiger partial charge in [0.05, 0.1) is 0 Å². The minimum Gasteiger partial charge on any atom is -0.289 e. The number of carbonyl (C=O) groups excluding carboxylic acids is 1. The predicted octanol–water partition coefficient (Wildman–Crippen LogP) is 5.69. The maximum absolute atomic E-state index is 12.1. The standard InChI is InChI=1S/C19H20OS/c20-19(11-6-15-12-13-21-14-15)18-9-7-17(8-10-18)16-4-2-1-3-5-16/h6-14,16H,1-5H2/b11-6+. The number of ketones is 1. The zero-order valence-corrected chi connectivity index (χ0v) is 12.9. The Morgan fingerprint density at radius 2 is 1.81 bits per heavy atom. The van der Waals surface area contributed by atoms with Gasteiger partial charge in [0.15, 0.2) is 5.78 Å². The van der Waals surface area contributed by atoms with Crippen LogP contribution in [0, 0.1) is 0 Å². The molecule has 1 fully saturated rings. The molecule has 1 aromatic carbocycles. The van der Waals surface area contributed by atoms with Crippen LogP contribution in [0.15, 0.2) is 47.2 Å². The number of hydrogen-bond donors (Lipinski definition) is 0. The van der Waals surface area contributed by atoms with E-state index in [4.69, 9.17) is 0 Å². The molecule has 2 aromatic rings. The molecule has 0 saturated heterocycles. The first kappa shape index (κ1) is 14.3. The summed E-state index contributed by atoms with van der Waals surface area (Å²) in [5.74, 6) is 0.778. The Balaban J connectivity index is 1.67. The summed E-state index contributed by atoms with van der Waals surface area (Å²) in [6.07, 6.45) is 10.2. The fourth-order valence-electron chi connectivity index (χ4n) is 2.99. The topological polar surface area (TPSA) is 17.1 Å². The third kappa shape index (κ3) is 3.70. The Morgan fingerprint density at radius 1 is 1.05 bits per heavy atom. The lowest BCUT2D eigenvalue weighted by Crippen LogP contribution is -2.04. The van der Waals surface area contributed by atoms with Crippen LogP contribution in [0.25, 0.3) is 6.08 Å². The molecule has 2 heteroatoms. The predicted molar refractivity (Wildman–Crippen MR) is 90.0 cm³/mol. The van der Waals surface area contributed by atoms with Crippen LogP contribution in [-0.2, 0) is 0 Å². The molecule has 21 heavy (non-hydrogen) atoms. The lowest BCUT2D eigenvalue weighted by molar-refractivity contribution is 0.104. The number of carbonyl (C=O) groups is 1. The average molecular weight is 296 g/mol. The van der Waals surface area contributed by atoms with E-state index in [0.717, 1.165) is 11.1 Å². The van der Waals surface area contributed by atoms with Crippen molar-refractivity contribution in [1.29, 1.82) is 0 Å². The molecule has 0 spiro atoms. The van der Waals surface area contributed by atoms with Gasteiger partial charge in [-0.25, -0.2) is 0 Å². The van der Waals surface area contributed by atoms with Gasteiger partial charge in [-0.2, -0.15) is 11.3 Å². The van der Waals surface area contributed by atoms with Crippen molar-refractivity contribution in [3.63, 3.8) is 0 Å². The van der Waals surface area contributed by atoms with Gasteiger partial charge >= 0.3 is 0 Å². The summed E-state index contributed by atoms with van der Waals surface area (Å²) in [4.78, 5) is 12.1. The molecule has 1 saturated carbocycles. The highest BCUT2D eigenvalue weighted by molar-refractivity contribution is 7.08. The number of thiophene rings is 1. The molecule has 108 valence electrons. The average Bonchev–Trinajstić information content (AvgIpc) is 3.07. The van der Waals surface area contributed by atoms with Gasteiger partial charge in [0.25, 0.3) is 0 Å². The van der Waals surface area contributed by atoms with E-state index < -0.39 is 0 Å². The molecule has 1 aliphatic rings. The molecular formula is C19H20OS. The Morgan fingerprint density at radius 3 is 2.48 bits per heavy atom. The summed E-state index contributed by atoms with van der Waals surface area (Å²) in [5.41, 5.74) is 3.27. The molecule has 0 atom stereocenters. The zero-order valence-electron chi connectivity index (χ0n) is 12.1. The molecule has 0 unspecified atom stereocenters. The summed E-state index contributed by atoms with van der Waals surface area (Å²) in [5, 5.41) is 4.05. The largest absolute Gasteiger partial charge is 0.289 e. The molecular weight excluding hydrogens is 276 g/mol. The van der Waals surface area contributed by atoms with Gasteiger partial charge in [-0.1, -0.05) is 49.6 Å². The highest BCUT2D eigenvalue weighted by Crippen LogP contribution is 2.32. The molecule has 0 amide bonds.